The van der Waals surface area contributed by atoms with Crippen molar-refractivity contribution in [3.8, 4) is 0 Å². The van der Waals surface area contributed by atoms with Crippen LogP contribution in [0.4, 0.5) is 10.1 Å². The Balaban J connectivity index is 2.26. The number of nitrogen functional groups attached to an aromatic ring is 1. The number of nitrogens with two attached hydrogens (primary N) is 1. The summed E-state index contributed by atoms with van der Waals surface area (Å²) >= 11 is 7.02. The average Bonchev–Trinajstić information content (AvgIpc) is 2.27. The molecule has 1 heterocycles. The summed E-state index contributed by atoms with van der Waals surface area (Å²) in [5.41, 5.74) is 6.26. The average molecular weight is 255 g/mol. The van der Waals surface area contributed by atoms with Crippen molar-refractivity contribution in [2.45, 2.75) is 9.92 Å². The zero-order chi connectivity index (χ0) is 11.5. The van der Waals surface area contributed by atoms with Crippen LogP contribution in [-0.4, -0.2) is 4.98 Å². The Bertz CT molecular complexity index is 502. The molecule has 82 valence electrons. The zero-order valence-electron chi connectivity index (χ0n) is 8.15. The van der Waals surface area contributed by atoms with Gasteiger partial charge in [0.15, 0.2) is 0 Å². The number of rotatable bonds is 2. The summed E-state index contributed by atoms with van der Waals surface area (Å²) in [5, 5.41) is 1.29. The van der Waals surface area contributed by atoms with Crippen LogP contribution >= 0.6 is 23.4 Å². The van der Waals surface area contributed by atoms with Gasteiger partial charge in [-0.05, 0) is 30.3 Å². The summed E-state index contributed by atoms with van der Waals surface area (Å²) < 4.78 is 13.0. The highest BCUT2D eigenvalue weighted by Gasteiger charge is 2.04. The van der Waals surface area contributed by atoms with Crippen LogP contribution in [0.2, 0.25) is 5.02 Å². The zero-order valence-corrected chi connectivity index (χ0v) is 9.73. The van der Waals surface area contributed by atoms with Gasteiger partial charge in [-0.1, -0.05) is 23.4 Å². The van der Waals surface area contributed by atoms with Crippen molar-refractivity contribution >= 4 is 29.1 Å². The quantitative estimate of drug-likeness (QED) is 0.832. The molecule has 2 nitrogen and oxygen atoms in total. The molecule has 0 saturated carbocycles. The largest absolute Gasteiger partial charge is 0.398 e. The first kappa shape index (κ1) is 11.2. The van der Waals surface area contributed by atoms with Crippen molar-refractivity contribution in [2.75, 3.05) is 5.73 Å². The van der Waals surface area contributed by atoms with Gasteiger partial charge in [-0.25, -0.2) is 9.37 Å². The SMILES string of the molecule is Nc1ccc(F)cc1Sc1ccc(Cl)cn1. The number of benzene rings is 1. The third-order valence-electron chi connectivity index (χ3n) is 1.89. The highest BCUT2D eigenvalue weighted by Crippen LogP contribution is 2.31. The fourth-order valence-electron chi connectivity index (χ4n) is 1.13. The lowest BCUT2D eigenvalue weighted by atomic mass is 10.3. The molecule has 0 atom stereocenters. The first-order chi connectivity index (χ1) is 7.65. The van der Waals surface area contributed by atoms with Gasteiger partial charge >= 0.3 is 0 Å². The van der Waals surface area contributed by atoms with Crippen LogP contribution in [-0.2, 0) is 0 Å². The molecular formula is C11H8ClFN2S. The number of nitrogens with zero attached hydrogens (tertiary/aromatic N) is 1. The van der Waals surface area contributed by atoms with Crippen LogP contribution in [0.3, 0.4) is 0 Å². The van der Waals surface area contributed by atoms with Crippen molar-refractivity contribution < 1.29 is 4.39 Å². The van der Waals surface area contributed by atoms with E-state index >= 15 is 0 Å². The third kappa shape index (κ3) is 2.65. The van der Waals surface area contributed by atoms with Gasteiger partial charge in [-0.15, -0.1) is 0 Å². The maximum atomic E-state index is 13.0. The second kappa shape index (κ2) is 4.72. The van der Waals surface area contributed by atoms with Gasteiger partial charge < -0.3 is 5.73 Å². The lowest BCUT2D eigenvalue weighted by Crippen LogP contribution is -1.90. The van der Waals surface area contributed by atoms with E-state index in [2.05, 4.69) is 4.98 Å². The lowest BCUT2D eigenvalue weighted by molar-refractivity contribution is 0.624. The Morgan fingerprint density at radius 2 is 2.06 bits per heavy atom. The van der Waals surface area contributed by atoms with Crippen molar-refractivity contribution in [1.82, 2.24) is 4.98 Å². The Morgan fingerprint density at radius 1 is 1.25 bits per heavy atom. The maximum absolute atomic E-state index is 13.0. The predicted octanol–water partition coefficient (Wildman–Crippen LogP) is 3.61. The van der Waals surface area contributed by atoms with Crippen LogP contribution < -0.4 is 5.73 Å². The number of aromatic nitrogens is 1. The van der Waals surface area contributed by atoms with Crippen molar-refractivity contribution in [3.63, 3.8) is 0 Å². The summed E-state index contributed by atoms with van der Waals surface area (Å²) in [6.45, 7) is 0. The Kier molecular flexibility index (Phi) is 3.31. The predicted molar refractivity (Wildman–Crippen MR) is 64.2 cm³/mol. The van der Waals surface area contributed by atoms with E-state index in [4.69, 9.17) is 17.3 Å². The van der Waals surface area contributed by atoms with Crippen molar-refractivity contribution in [1.29, 1.82) is 0 Å². The van der Waals surface area contributed by atoms with Crippen molar-refractivity contribution in [3.05, 3.63) is 47.4 Å². The van der Waals surface area contributed by atoms with E-state index in [9.17, 15) is 4.39 Å². The minimum atomic E-state index is -0.314. The van der Waals surface area contributed by atoms with E-state index < -0.39 is 0 Å². The molecule has 0 unspecified atom stereocenters. The monoisotopic (exact) mass is 254 g/mol. The molecule has 0 aliphatic carbocycles. The normalized spacial score (nSPS) is 10.4. The molecule has 1 aromatic heterocycles. The highest BCUT2D eigenvalue weighted by atomic mass is 35.5. The Morgan fingerprint density at radius 3 is 2.75 bits per heavy atom. The number of pyridine rings is 1. The first-order valence-corrected chi connectivity index (χ1v) is 5.69. The van der Waals surface area contributed by atoms with Crippen molar-refractivity contribution in [2.24, 2.45) is 0 Å². The molecule has 0 bridgehead atoms. The van der Waals surface area contributed by atoms with Crippen LogP contribution in [0.25, 0.3) is 0 Å². The van der Waals surface area contributed by atoms with E-state index in [1.165, 1.54) is 30.0 Å². The summed E-state index contributed by atoms with van der Waals surface area (Å²) in [6, 6.07) is 7.74. The van der Waals surface area contributed by atoms with E-state index in [0.717, 1.165) is 5.03 Å². The molecule has 0 saturated heterocycles. The number of hydrogen-bond donors (Lipinski definition) is 1. The minimum Gasteiger partial charge on any atom is -0.398 e. The molecule has 0 fully saturated rings. The second-order valence-corrected chi connectivity index (χ2v) is 4.60. The van der Waals surface area contributed by atoms with Gasteiger partial charge in [0.05, 0.1) is 5.02 Å². The second-order valence-electron chi connectivity index (χ2n) is 3.10. The summed E-state index contributed by atoms with van der Waals surface area (Å²) in [4.78, 5) is 4.75. The molecule has 2 rings (SSSR count). The van der Waals surface area contributed by atoms with Gasteiger partial charge in [0.1, 0.15) is 10.8 Å². The summed E-state index contributed by atoms with van der Waals surface area (Å²) in [7, 11) is 0. The van der Waals surface area contributed by atoms with Crippen LogP contribution in [0.15, 0.2) is 46.5 Å². The van der Waals surface area contributed by atoms with Crippen LogP contribution in [0, 0.1) is 5.82 Å². The first-order valence-electron chi connectivity index (χ1n) is 4.49. The molecular weight excluding hydrogens is 247 g/mol. The van der Waals surface area contributed by atoms with Gasteiger partial charge in [-0.2, -0.15) is 0 Å². The molecule has 0 radical (unpaired) electrons. The molecule has 5 heteroatoms. The molecule has 0 spiro atoms. The van der Waals surface area contributed by atoms with E-state index in [1.54, 1.807) is 18.3 Å². The summed E-state index contributed by atoms with van der Waals surface area (Å²) in [6.07, 6.45) is 1.54. The number of hydrogen-bond acceptors (Lipinski definition) is 3. The third-order valence-corrected chi connectivity index (χ3v) is 3.14. The Labute approximate surface area is 102 Å². The molecule has 0 aliphatic rings. The molecule has 16 heavy (non-hydrogen) atoms. The molecule has 2 N–H and O–H groups in total. The van der Waals surface area contributed by atoms with Gasteiger partial charge in [0, 0.05) is 16.8 Å². The van der Waals surface area contributed by atoms with E-state index in [0.29, 0.717) is 15.6 Å². The molecule has 2 aromatic rings. The van der Waals surface area contributed by atoms with Gasteiger partial charge in [-0.3, -0.25) is 0 Å². The van der Waals surface area contributed by atoms with E-state index in [1.807, 2.05) is 0 Å². The van der Waals surface area contributed by atoms with Crippen LogP contribution in [0.5, 0.6) is 0 Å². The lowest BCUT2D eigenvalue weighted by Gasteiger charge is -2.04. The van der Waals surface area contributed by atoms with E-state index in [-0.39, 0.29) is 5.82 Å². The fourth-order valence-corrected chi connectivity index (χ4v) is 2.07. The van der Waals surface area contributed by atoms with Gasteiger partial charge in [0.25, 0.3) is 0 Å². The molecule has 0 aliphatic heterocycles. The smallest absolute Gasteiger partial charge is 0.124 e. The van der Waals surface area contributed by atoms with Gasteiger partial charge in [0.2, 0.25) is 0 Å². The highest BCUT2D eigenvalue weighted by molar-refractivity contribution is 7.99. The molecule has 1 aromatic carbocycles. The Hall–Kier alpha value is -1.26. The number of halogens is 2. The van der Waals surface area contributed by atoms with Crippen LogP contribution in [0.1, 0.15) is 0 Å². The molecule has 0 amide bonds. The standard InChI is InChI=1S/C11H8ClFN2S/c12-7-1-4-11(15-6-7)16-10-5-8(13)2-3-9(10)14/h1-6H,14H2. The number of anilines is 1. The minimum absolute atomic E-state index is 0.314. The fraction of sp³-hybridized carbons (Fsp3) is 0. The summed E-state index contributed by atoms with van der Waals surface area (Å²) in [5.74, 6) is -0.314. The maximum Gasteiger partial charge on any atom is 0.124 e. The topological polar surface area (TPSA) is 38.9 Å².